The second-order valence-corrected chi connectivity index (χ2v) is 6.29. The highest BCUT2D eigenvalue weighted by molar-refractivity contribution is 6.13. The van der Waals surface area contributed by atoms with Crippen LogP contribution in [0.3, 0.4) is 0 Å². The largest absolute Gasteiger partial charge is 0.496 e. The maximum Gasteiger partial charge on any atom is 0.363 e. The average Bonchev–Trinajstić information content (AvgIpc) is 3.31. The quantitative estimate of drug-likeness (QED) is 0.475. The smallest absolute Gasteiger partial charge is 0.363 e. The number of para-hydroxylation sites is 1. The highest BCUT2D eigenvalue weighted by Gasteiger charge is 2.29. The number of benzene rings is 2. The fourth-order valence-electron chi connectivity index (χ4n) is 2.99. The molecule has 29 heavy (non-hydrogen) atoms. The van der Waals surface area contributed by atoms with Gasteiger partial charge in [-0.25, -0.2) is 9.79 Å². The number of aryl methyl sites for hydroxylation is 1. The maximum atomic E-state index is 12.3. The first-order valence-electron chi connectivity index (χ1n) is 9.01. The van der Waals surface area contributed by atoms with E-state index in [2.05, 4.69) is 10.1 Å². The van der Waals surface area contributed by atoms with E-state index in [0.717, 1.165) is 16.9 Å². The van der Waals surface area contributed by atoms with E-state index in [9.17, 15) is 4.79 Å². The van der Waals surface area contributed by atoms with Gasteiger partial charge in [0.2, 0.25) is 5.90 Å². The Morgan fingerprint density at radius 1 is 1.03 bits per heavy atom. The van der Waals surface area contributed by atoms with Crippen molar-refractivity contribution in [2.75, 3.05) is 7.11 Å². The van der Waals surface area contributed by atoms with Gasteiger partial charge in [-0.15, -0.1) is 0 Å². The first-order valence-corrected chi connectivity index (χ1v) is 9.01. The predicted molar refractivity (Wildman–Crippen MR) is 109 cm³/mol. The number of carbonyl (C=O) groups excluding carboxylic acids is 1. The number of hydrogen-bond acceptors (Lipinski definition) is 6. The summed E-state index contributed by atoms with van der Waals surface area (Å²) in [6.07, 6.45) is 5.18. The number of rotatable bonds is 5. The third-order valence-corrected chi connectivity index (χ3v) is 4.41. The molecule has 4 rings (SSSR count). The Morgan fingerprint density at radius 2 is 1.79 bits per heavy atom. The molecule has 2 heterocycles. The van der Waals surface area contributed by atoms with Gasteiger partial charge in [0.1, 0.15) is 22.8 Å². The summed E-state index contributed by atoms with van der Waals surface area (Å²) in [6, 6.07) is 17.1. The lowest BCUT2D eigenvalue weighted by Crippen LogP contribution is -2.07. The number of cyclic esters (lactones) is 1. The number of methoxy groups -OCH3 is 1. The zero-order chi connectivity index (χ0) is 20.2. The number of aromatic nitrogens is 1. The van der Waals surface area contributed by atoms with Crippen LogP contribution in [0.4, 0.5) is 0 Å². The first-order chi connectivity index (χ1) is 14.2. The molecule has 0 spiro atoms. The monoisotopic (exact) mass is 386 g/mol. The van der Waals surface area contributed by atoms with E-state index in [4.69, 9.17) is 14.0 Å². The second kappa shape index (κ2) is 7.98. The lowest BCUT2D eigenvalue weighted by molar-refractivity contribution is -0.130. The van der Waals surface area contributed by atoms with Crippen molar-refractivity contribution in [1.29, 1.82) is 0 Å². The minimum Gasteiger partial charge on any atom is -0.496 e. The molecule has 0 N–H and O–H groups in total. The van der Waals surface area contributed by atoms with Gasteiger partial charge in [0.05, 0.1) is 7.11 Å². The SMILES string of the molecule is COc1ccccc1C=CC=C1N=C(c2c(-c3ccccc3)noc2C)OC1=O. The summed E-state index contributed by atoms with van der Waals surface area (Å²) in [5.41, 5.74) is 3.10. The molecule has 1 aliphatic heterocycles. The third kappa shape index (κ3) is 3.73. The molecule has 0 aliphatic carbocycles. The van der Waals surface area contributed by atoms with Crippen LogP contribution in [0.1, 0.15) is 16.9 Å². The summed E-state index contributed by atoms with van der Waals surface area (Å²) >= 11 is 0. The van der Waals surface area contributed by atoms with Crippen molar-refractivity contribution >= 4 is 17.9 Å². The predicted octanol–water partition coefficient (Wildman–Crippen LogP) is 4.56. The first kappa shape index (κ1) is 18.4. The molecule has 0 radical (unpaired) electrons. The molecule has 0 bridgehead atoms. The Balaban J connectivity index is 1.64. The van der Waals surface area contributed by atoms with Crippen molar-refractivity contribution in [2.24, 2.45) is 4.99 Å². The van der Waals surface area contributed by atoms with Gasteiger partial charge in [-0.2, -0.15) is 0 Å². The third-order valence-electron chi connectivity index (χ3n) is 4.41. The van der Waals surface area contributed by atoms with Gasteiger partial charge < -0.3 is 14.0 Å². The summed E-state index contributed by atoms with van der Waals surface area (Å²) in [5.74, 6) is 0.933. The van der Waals surface area contributed by atoms with E-state index in [1.807, 2.05) is 60.7 Å². The van der Waals surface area contributed by atoms with E-state index in [1.165, 1.54) is 0 Å². The molecular weight excluding hydrogens is 368 g/mol. The molecule has 6 heteroatoms. The normalized spacial score (nSPS) is 15.0. The van der Waals surface area contributed by atoms with Gasteiger partial charge in [0.25, 0.3) is 0 Å². The molecule has 0 fully saturated rings. The molecule has 0 unspecified atom stereocenters. The fourth-order valence-corrected chi connectivity index (χ4v) is 2.99. The van der Waals surface area contributed by atoms with Gasteiger partial charge in [-0.05, 0) is 19.1 Å². The minimum absolute atomic E-state index is 0.185. The minimum atomic E-state index is -0.524. The average molecular weight is 386 g/mol. The molecule has 3 aromatic rings. The van der Waals surface area contributed by atoms with Crippen LogP contribution < -0.4 is 4.74 Å². The standard InChI is InChI=1S/C23H18N2O4/c1-15-20(21(25-29-15)17-10-4-3-5-11-17)22-24-18(23(26)28-22)13-8-12-16-9-6-7-14-19(16)27-2/h3-14H,1-2H3. The number of carbonyl (C=O) groups is 1. The van der Waals surface area contributed by atoms with Crippen LogP contribution >= 0.6 is 0 Å². The van der Waals surface area contributed by atoms with Crippen LogP contribution in [0.2, 0.25) is 0 Å². The number of allylic oxidation sites excluding steroid dienone is 2. The van der Waals surface area contributed by atoms with Gasteiger partial charge in [0.15, 0.2) is 5.70 Å². The van der Waals surface area contributed by atoms with Gasteiger partial charge in [-0.1, -0.05) is 65.8 Å². The Bertz CT molecular complexity index is 1140. The van der Waals surface area contributed by atoms with Crippen LogP contribution in [0.15, 0.2) is 82.0 Å². The molecule has 2 aromatic carbocycles. The van der Waals surface area contributed by atoms with Crippen molar-refractivity contribution in [3.05, 3.63) is 89.3 Å². The molecule has 1 aromatic heterocycles. The van der Waals surface area contributed by atoms with Crippen molar-refractivity contribution in [3.8, 4) is 17.0 Å². The number of hydrogen-bond donors (Lipinski definition) is 0. The zero-order valence-electron chi connectivity index (χ0n) is 16.0. The Labute approximate surface area is 167 Å². The summed E-state index contributed by atoms with van der Waals surface area (Å²) in [7, 11) is 1.61. The molecular formula is C23H18N2O4. The maximum absolute atomic E-state index is 12.3. The molecule has 0 atom stereocenters. The van der Waals surface area contributed by atoms with Crippen molar-refractivity contribution in [3.63, 3.8) is 0 Å². The molecule has 1 aliphatic rings. The Hall–Kier alpha value is -3.93. The highest BCUT2D eigenvalue weighted by Crippen LogP contribution is 2.29. The summed E-state index contributed by atoms with van der Waals surface area (Å²) in [4.78, 5) is 16.6. The van der Waals surface area contributed by atoms with Gasteiger partial charge in [-0.3, -0.25) is 0 Å². The topological polar surface area (TPSA) is 73.9 Å². The molecule has 6 nitrogen and oxygen atoms in total. The summed E-state index contributed by atoms with van der Waals surface area (Å²) in [6.45, 7) is 1.76. The van der Waals surface area contributed by atoms with Crippen LogP contribution in [0, 0.1) is 6.92 Å². The lowest BCUT2D eigenvalue weighted by atomic mass is 10.1. The second-order valence-electron chi connectivity index (χ2n) is 6.29. The number of esters is 1. The Kier molecular flexibility index (Phi) is 5.07. The number of aliphatic imine (C=N–C) groups is 1. The van der Waals surface area contributed by atoms with E-state index >= 15 is 0 Å². The van der Waals surface area contributed by atoms with Gasteiger partial charge >= 0.3 is 5.97 Å². The summed E-state index contributed by atoms with van der Waals surface area (Å²) in [5, 5.41) is 4.11. The highest BCUT2D eigenvalue weighted by atomic mass is 16.6. The van der Waals surface area contributed by atoms with E-state index in [-0.39, 0.29) is 11.6 Å². The summed E-state index contributed by atoms with van der Waals surface area (Å²) < 4.78 is 16.0. The van der Waals surface area contributed by atoms with E-state index in [1.54, 1.807) is 26.2 Å². The van der Waals surface area contributed by atoms with Crippen LogP contribution in [-0.2, 0) is 9.53 Å². The van der Waals surface area contributed by atoms with E-state index in [0.29, 0.717) is 17.0 Å². The van der Waals surface area contributed by atoms with Crippen molar-refractivity contribution in [1.82, 2.24) is 5.16 Å². The van der Waals surface area contributed by atoms with Crippen LogP contribution in [-0.4, -0.2) is 24.1 Å². The van der Waals surface area contributed by atoms with Gasteiger partial charge in [0, 0.05) is 11.1 Å². The molecule has 0 saturated carbocycles. The van der Waals surface area contributed by atoms with Crippen LogP contribution in [0.5, 0.6) is 5.75 Å². The fraction of sp³-hybridized carbons (Fsp3) is 0.0870. The number of ether oxygens (including phenoxy) is 2. The molecule has 144 valence electrons. The Morgan fingerprint density at radius 3 is 2.59 bits per heavy atom. The number of nitrogens with zero attached hydrogens (tertiary/aromatic N) is 2. The van der Waals surface area contributed by atoms with Crippen molar-refractivity contribution < 1.29 is 18.8 Å². The lowest BCUT2D eigenvalue weighted by Gasteiger charge is -2.02. The van der Waals surface area contributed by atoms with E-state index < -0.39 is 5.97 Å². The molecule has 0 saturated heterocycles. The molecule has 0 amide bonds. The van der Waals surface area contributed by atoms with Crippen molar-refractivity contribution in [2.45, 2.75) is 6.92 Å². The zero-order valence-corrected chi connectivity index (χ0v) is 16.0. The van der Waals surface area contributed by atoms with Crippen LogP contribution in [0.25, 0.3) is 17.3 Å².